The first kappa shape index (κ1) is 14.7. The quantitative estimate of drug-likeness (QED) is 0.815. The van der Waals surface area contributed by atoms with Crippen LogP contribution < -0.4 is 11.1 Å². The highest BCUT2D eigenvalue weighted by molar-refractivity contribution is 6.33. The van der Waals surface area contributed by atoms with Crippen molar-refractivity contribution < 1.29 is 4.79 Å². The Morgan fingerprint density at radius 3 is 2.67 bits per heavy atom. The van der Waals surface area contributed by atoms with E-state index in [1.807, 2.05) is 0 Å². The Morgan fingerprint density at radius 1 is 1.38 bits per heavy atom. The molecule has 114 valence electrons. The highest BCUT2D eigenvalue weighted by Crippen LogP contribution is 2.65. The number of nitrogens with one attached hydrogen (secondary N) is 1. The number of hydrogen-bond acceptors (Lipinski definition) is 2. The fourth-order valence-electron chi connectivity index (χ4n) is 4.39. The maximum atomic E-state index is 12.6. The fourth-order valence-corrected chi connectivity index (χ4v) is 4.57. The highest BCUT2D eigenvalue weighted by Gasteiger charge is 2.61. The van der Waals surface area contributed by atoms with Gasteiger partial charge in [-0.25, -0.2) is 0 Å². The SMILES string of the molecule is CC1(C)C2CCC1(C)C(NC(=O)c1cccc(Cl)c1N)C2. The van der Waals surface area contributed by atoms with Crippen molar-refractivity contribution in [3.8, 4) is 0 Å². The van der Waals surface area contributed by atoms with Gasteiger partial charge in [0.05, 0.1) is 16.3 Å². The van der Waals surface area contributed by atoms with E-state index in [4.69, 9.17) is 17.3 Å². The standard InChI is InChI=1S/C17H23ClN2O/c1-16(2)10-7-8-17(16,3)13(9-10)20-15(21)11-5-4-6-12(18)14(11)19/h4-6,10,13H,7-9,19H2,1-3H3,(H,20,21). The van der Waals surface area contributed by atoms with Crippen LogP contribution in [0.25, 0.3) is 0 Å². The van der Waals surface area contributed by atoms with Crippen molar-refractivity contribution in [2.45, 2.75) is 46.1 Å². The minimum atomic E-state index is -0.107. The monoisotopic (exact) mass is 306 g/mol. The summed E-state index contributed by atoms with van der Waals surface area (Å²) in [5.41, 5.74) is 7.22. The Labute approximate surface area is 131 Å². The number of halogens is 1. The molecule has 21 heavy (non-hydrogen) atoms. The molecule has 1 aromatic rings. The molecule has 2 aliphatic rings. The summed E-state index contributed by atoms with van der Waals surface area (Å²) in [6.45, 7) is 6.99. The molecule has 1 aromatic carbocycles. The molecule has 0 radical (unpaired) electrons. The predicted octanol–water partition coefficient (Wildman–Crippen LogP) is 3.87. The molecule has 3 rings (SSSR count). The molecule has 3 unspecified atom stereocenters. The second-order valence-corrected chi connectivity index (χ2v) is 7.74. The lowest BCUT2D eigenvalue weighted by molar-refractivity contribution is 0.0827. The lowest BCUT2D eigenvalue weighted by atomic mass is 9.69. The average molecular weight is 307 g/mol. The minimum Gasteiger partial charge on any atom is -0.397 e. The largest absolute Gasteiger partial charge is 0.397 e. The van der Waals surface area contributed by atoms with Gasteiger partial charge < -0.3 is 11.1 Å². The summed E-state index contributed by atoms with van der Waals surface area (Å²) in [7, 11) is 0. The maximum absolute atomic E-state index is 12.6. The van der Waals surface area contributed by atoms with Gasteiger partial charge in [0.2, 0.25) is 0 Å². The summed E-state index contributed by atoms with van der Waals surface area (Å²) in [6.07, 6.45) is 3.52. The van der Waals surface area contributed by atoms with E-state index >= 15 is 0 Å². The third-order valence-electron chi connectivity index (χ3n) is 6.40. The van der Waals surface area contributed by atoms with Crippen molar-refractivity contribution in [3.63, 3.8) is 0 Å². The number of nitrogen functional groups attached to an aromatic ring is 1. The van der Waals surface area contributed by atoms with Crippen molar-refractivity contribution in [2.75, 3.05) is 5.73 Å². The normalized spacial score (nSPS) is 33.1. The maximum Gasteiger partial charge on any atom is 0.253 e. The van der Waals surface area contributed by atoms with Gasteiger partial charge in [0.25, 0.3) is 5.91 Å². The van der Waals surface area contributed by atoms with E-state index in [0.717, 1.165) is 6.42 Å². The van der Waals surface area contributed by atoms with Gasteiger partial charge in [-0.3, -0.25) is 4.79 Å². The summed E-state index contributed by atoms with van der Waals surface area (Å²) < 4.78 is 0. The topological polar surface area (TPSA) is 55.1 Å². The van der Waals surface area contributed by atoms with E-state index in [1.54, 1.807) is 18.2 Å². The smallest absolute Gasteiger partial charge is 0.253 e. The number of nitrogens with two attached hydrogens (primary N) is 1. The molecule has 4 heteroatoms. The molecule has 0 saturated heterocycles. The first-order valence-corrected chi connectivity index (χ1v) is 8.00. The Morgan fingerprint density at radius 2 is 2.10 bits per heavy atom. The van der Waals surface area contributed by atoms with E-state index in [2.05, 4.69) is 26.1 Å². The molecule has 2 fully saturated rings. The third kappa shape index (κ3) is 1.97. The number of carbonyl (C=O) groups excluding carboxylic acids is 1. The van der Waals surface area contributed by atoms with Gasteiger partial charge in [-0.05, 0) is 48.1 Å². The van der Waals surface area contributed by atoms with E-state index in [1.165, 1.54) is 12.8 Å². The molecule has 3 atom stereocenters. The zero-order valence-electron chi connectivity index (χ0n) is 12.9. The zero-order chi connectivity index (χ0) is 15.4. The van der Waals surface area contributed by atoms with Crippen molar-refractivity contribution >= 4 is 23.2 Å². The van der Waals surface area contributed by atoms with E-state index in [9.17, 15) is 4.79 Å². The van der Waals surface area contributed by atoms with Gasteiger partial charge in [0.15, 0.2) is 0 Å². The molecular weight excluding hydrogens is 284 g/mol. The van der Waals surface area contributed by atoms with E-state index in [0.29, 0.717) is 22.2 Å². The van der Waals surface area contributed by atoms with Crippen LogP contribution in [0.4, 0.5) is 5.69 Å². The van der Waals surface area contributed by atoms with Crippen LogP contribution in [0.3, 0.4) is 0 Å². The molecule has 3 N–H and O–H groups in total. The number of rotatable bonds is 2. The number of amides is 1. The van der Waals surface area contributed by atoms with Crippen molar-refractivity contribution in [3.05, 3.63) is 28.8 Å². The summed E-state index contributed by atoms with van der Waals surface area (Å²) in [5, 5.41) is 3.65. The molecular formula is C17H23ClN2O. The molecule has 0 aromatic heterocycles. The van der Waals surface area contributed by atoms with Gasteiger partial charge in [-0.15, -0.1) is 0 Å². The van der Waals surface area contributed by atoms with Gasteiger partial charge >= 0.3 is 0 Å². The zero-order valence-corrected chi connectivity index (χ0v) is 13.6. The van der Waals surface area contributed by atoms with Crippen LogP contribution in [0.5, 0.6) is 0 Å². The number of fused-ring (bicyclic) bond motifs is 2. The predicted molar refractivity (Wildman–Crippen MR) is 86.3 cm³/mol. The average Bonchev–Trinajstić information content (AvgIpc) is 2.75. The van der Waals surface area contributed by atoms with E-state index < -0.39 is 0 Å². The fraction of sp³-hybridized carbons (Fsp3) is 0.588. The molecule has 2 aliphatic carbocycles. The van der Waals surface area contributed by atoms with E-state index in [-0.39, 0.29) is 22.8 Å². The Bertz CT molecular complexity index is 598. The summed E-state index contributed by atoms with van der Waals surface area (Å²) in [6, 6.07) is 5.42. The molecule has 1 amide bonds. The number of carbonyl (C=O) groups is 1. The number of anilines is 1. The lowest BCUT2D eigenvalue weighted by Gasteiger charge is -2.39. The van der Waals surface area contributed by atoms with Crippen molar-refractivity contribution in [1.29, 1.82) is 0 Å². The van der Waals surface area contributed by atoms with Gasteiger partial charge in [-0.1, -0.05) is 38.4 Å². The van der Waals surface area contributed by atoms with Gasteiger partial charge in [-0.2, -0.15) is 0 Å². The second kappa shape index (κ2) is 4.64. The molecule has 0 aliphatic heterocycles. The van der Waals surface area contributed by atoms with Gasteiger partial charge in [0, 0.05) is 6.04 Å². The van der Waals surface area contributed by atoms with Crippen molar-refractivity contribution in [1.82, 2.24) is 5.32 Å². The first-order valence-electron chi connectivity index (χ1n) is 7.62. The minimum absolute atomic E-state index is 0.107. The van der Waals surface area contributed by atoms with Gasteiger partial charge in [0.1, 0.15) is 0 Å². The molecule has 3 nitrogen and oxygen atoms in total. The number of para-hydroxylation sites is 1. The summed E-state index contributed by atoms with van der Waals surface area (Å²) in [5.74, 6) is 0.592. The van der Waals surface area contributed by atoms with Crippen LogP contribution in [-0.2, 0) is 0 Å². The summed E-state index contributed by atoms with van der Waals surface area (Å²) >= 11 is 6.01. The third-order valence-corrected chi connectivity index (χ3v) is 6.73. The Kier molecular flexibility index (Phi) is 3.25. The number of benzene rings is 1. The highest BCUT2D eigenvalue weighted by atomic mass is 35.5. The van der Waals surface area contributed by atoms with Crippen LogP contribution in [0.15, 0.2) is 18.2 Å². The van der Waals surface area contributed by atoms with Crippen LogP contribution >= 0.6 is 11.6 Å². The Balaban J connectivity index is 1.82. The van der Waals surface area contributed by atoms with Crippen LogP contribution in [0, 0.1) is 16.7 Å². The molecule has 2 saturated carbocycles. The van der Waals surface area contributed by atoms with Crippen LogP contribution in [0.1, 0.15) is 50.4 Å². The Hall–Kier alpha value is -1.22. The number of hydrogen-bond donors (Lipinski definition) is 2. The van der Waals surface area contributed by atoms with Crippen molar-refractivity contribution in [2.24, 2.45) is 16.7 Å². The summed E-state index contributed by atoms with van der Waals surface area (Å²) in [4.78, 5) is 12.6. The molecule has 2 bridgehead atoms. The molecule has 0 spiro atoms. The van der Waals surface area contributed by atoms with Crippen LogP contribution in [-0.4, -0.2) is 11.9 Å². The molecule has 0 heterocycles. The first-order chi connectivity index (χ1) is 9.77. The van der Waals surface area contributed by atoms with Crippen LogP contribution in [0.2, 0.25) is 5.02 Å². The lowest BCUT2D eigenvalue weighted by Crippen LogP contribution is -2.47. The second-order valence-electron chi connectivity index (χ2n) is 7.34.